The van der Waals surface area contributed by atoms with Crippen molar-refractivity contribution in [2.45, 2.75) is 45.7 Å². The molecule has 0 aromatic carbocycles. The molecule has 0 spiro atoms. The highest BCUT2D eigenvalue weighted by Crippen LogP contribution is 2.16. The number of nitrogens with zero attached hydrogens (tertiary/aromatic N) is 1. The Morgan fingerprint density at radius 3 is 2.75 bits per heavy atom. The van der Waals surface area contributed by atoms with Gasteiger partial charge in [0.2, 0.25) is 0 Å². The lowest BCUT2D eigenvalue weighted by Gasteiger charge is -2.41. The molecule has 1 aliphatic rings. The molecular formula is C13H28N2S. The summed E-state index contributed by atoms with van der Waals surface area (Å²) < 4.78 is 0. The van der Waals surface area contributed by atoms with Crippen LogP contribution in [-0.4, -0.2) is 48.6 Å². The molecule has 0 aromatic rings. The van der Waals surface area contributed by atoms with E-state index in [2.05, 4.69) is 37.2 Å². The van der Waals surface area contributed by atoms with Crippen molar-refractivity contribution in [3.05, 3.63) is 0 Å². The van der Waals surface area contributed by atoms with Crippen LogP contribution in [0.25, 0.3) is 0 Å². The number of hydrogen-bond donors (Lipinski definition) is 1. The first-order valence-corrected chi connectivity index (χ1v) is 8.01. The van der Waals surface area contributed by atoms with Crippen molar-refractivity contribution < 1.29 is 0 Å². The third-order valence-corrected chi connectivity index (χ3v) is 4.16. The van der Waals surface area contributed by atoms with Crippen LogP contribution in [0.1, 0.15) is 33.6 Å². The van der Waals surface area contributed by atoms with Crippen molar-refractivity contribution in [3.8, 4) is 0 Å². The summed E-state index contributed by atoms with van der Waals surface area (Å²) in [5.74, 6) is 2.08. The second-order valence-electron chi connectivity index (χ2n) is 5.32. The molecule has 2 unspecified atom stereocenters. The van der Waals surface area contributed by atoms with Gasteiger partial charge in [-0.15, -0.1) is 0 Å². The van der Waals surface area contributed by atoms with Crippen LogP contribution in [-0.2, 0) is 0 Å². The van der Waals surface area contributed by atoms with E-state index in [1.165, 1.54) is 38.2 Å². The summed E-state index contributed by atoms with van der Waals surface area (Å²) in [7, 11) is 0. The molecule has 1 saturated heterocycles. The molecular weight excluding hydrogens is 216 g/mol. The van der Waals surface area contributed by atoms with Gasteiger partial charge in [-0.2, -0.15) is 11.8 Å². The summed E-state index contributed by atoms with van der Waals surface area (Å²) >= 11 is 1.97. The number of rotatable bonds is 6. The van der Waals surface area contributed by atoms with Crippen LogP contribution in [0.3, 0.4) is 0 Å². The molecule has 1 rings (SSSR count). The van der Waals surface area contributed by atoms with Crippen molar-refractivity contribution >= 4 is 11.8 Å². The quantitative estimate of drug-likeness (QED) is 0.723. The van der Waals surface area contributed by atoms with Gasteiger partial charge in [0.15, 0.2) is 0 Å². The molecule has 1 heterocycles. The Bertz CT molecular complexity index is 185. The fourth-order valence-electron chi connectivity index (χ4n) is 2.48. The van der Waals surface area contributed by atoms with E-state index < -0.39 is 0 Å². The molecule has 16 heavy (non-hydrogen) atoms. The maximum absolute atomic E-state index is 3.60. The van der Waals surface area contributed by atoms with Crippen LogP contribution in [0.5, 0.6) is 0 Å². The Labute approximate surface area is 106 Å². The third-order valence-electron chi connectivity index (χ3n) is 3.47. The van der Waals surface area contributed by atoms with E-state index in [0.717, 1.165) is 12.0 Å². The number of hydrogen-bond acceptors (Lipinski definition) is 3. The largest absolute Gasteiger partial charge is 0.311 e. The van der Waals surface area contributed by atoms with Gasteiger partial charge in [-0.05, 0) is 44.2 Å². The summed E-state index contributed by atoms with van der Waals surface area (Å²) in [5.41, 5.74) is 0. The lowest BCUT2D eigenvalue weighted by Crippen LogP contribution is -2.57. The number of unbranched alkanes of at least 4 members (excludes halogenated alkanes) is 1. The van der Waals surface area contributed by atoms with Crippen molar-refractivity contribution in [3.63, 3.8) is 0 Å². The summed E-state index contributed by atoms with van der Waals surface area (Å²) in [4.78, 5) is 2.70. The highest BCUT2D eigenvalue weighted by Gasteiger charge is 2.27. The van der Waals surface area contributed by atoms with Gasteiger partial charge >= 0.3 is 0 Å². The summed E-state index contributed by atoms with van der Waals surface area (Å²) in [6.45, 7) is 10.7. The van der Waals surface area contributed by atoms with E-state index in [0.29, 0.717) is 6.04 Å². The minimum Gasteiger partial charge on any atom is -0.311 e. The topological polar surface area (TPSA) is 15.3 Å². The number of thioether (sulfide) groups is 1. The van der Waals surface area contributed by atoms with Gasteiger partial charge in [0.25, 0.3) is 0 Å². The normalized spacial score (nSPS) is 27.6. The first-order chi connectivity index (χ1) is 7.65. The van der Waals surface area contributed by atoms with Crippen molar-refractivity contribution in [2.24, 2.45) is 5.92 Å². The highest BCUT2D eigenvalue weighted by atomic mass is 32.2. The predicted octanol–water partition coefficient (Wildman–Crippen LogP) is 2.45. The Hall–Kier alpha value is 0.270. The van der Waals surface area contributed by atoms with E-state index in [4.69, 9.17) is 0 Å². The second-order valence-corrected chi connectivity index (χ2v) is 6.30. The van der Waals surface area contributed by atoms with Gasteiger partial charge in [0.1, 0.15) is 0 Å². The molecule has 1 fully saturated rings. The molecule has 2 nitrogen and oxygen atoms in total. The van der Waals surface area contributed by atoms with Gasteiger partial charge in [0.05, 0.1) is 0 Å². The van der Waals surface area contributed by atoms with E-state index in [-0.39, 0.29) is 0 Å². The fraction of sp³-hybridized carbons (Fsp3) is 1.00. The Morgan fingerprint density at radius 2 is 2.12 bits per heavy atom. The lowest BCUT2D eigenvalue weighted by atomic mass is 9.98. The van der Waals surface area contributed by atoms with E-state index in [9.17, 15) is 0 Å². The molecule has 0 saturated carbocycles. The van der Waals surface area contributed by atoms with Crippen LogP contribution in [0.2, 0.25) is 0 Å². The minimum absolute atomic E-state index is 0.663. The van der Waals surface area contributed by atoms with Crippen LogP contribution >= 0.6 is 11.8 Å². The molecule has 1 aliphatic heterocycles. The third kappa shape index (κ3) is 4.64. The van der Waals surface area contributed by atoms with Gasteiger partial charge < -0.3 is 5.32 Å². The SMILES string of the molecule is CSCCCCN1CC(C)NCC1C(C)C. The predicted molar refractivity (Wildman–Crippen MR) is 75.3 cm³/mol. The Balaban J connectivity index is 2.33. The monoisotopic (exact) mass is 244 g/mol. The Kier molecular flexibility index (Phi) is 6.78. The van der Waals surface area contributed by atoms with Gasteiger partial charge in [0, 0.05) is 25.2 Å². The molecule has 0 radical (unpaired) electrons. The zero-order valence-corrected chi connectivity index (χ0v) is 12.1. The molecule has 0 aromatic heterocycles. The van der Waals surface area contributed by atoms with Crippen LogP contribution in [0, 0.1) is 5.92 Å². The van der Waals surface area contributed by atoms with Gasteiger partial charge in [-0.3, -0.25) is 4.90 Å². The second kappa shape index (κ2) is 7.57. The maximum atomic E-state index is 3.60. The van der Waals surface area contributed by atoms with Crippen molar-refractivity contribution in [2.75, 3.05) is 31.6 Å². The van der Waals surface area contributed by atoms with Crippen molar-refractivity contribution in [1.82, 2.24) is 10.2 Å². The van der Waals surface area contributed by atoms with E-state index in [1.54, 1.807) is 0 Å². The average molecular weight is 244 g/mol. The highest BCUT2D eigenvalue weighted by molar-refractivity contribution is 7.98. The standard InChI is InChI=1S/C13H28N2S/c1-11(2)13-9-14-12(3)10-15(13)7-5-6-8-16-4/h11-14H,5-10H2,1-4H3. The minimum atomic E-state index is 0.663. The molecule has 0 amide bonds. The number of piperazine rings is 1. The molecule has 0 aliphatic carbocycles. The van der Waals surface area contributed by atoms with E-state index >= 15 is 0 Å². The first kappa shape index (κ1) is 14.3. The summed E-state index contributed by atoms with van der Waals surface area (Å²) in [5, 5.41) is 3.60. The van der Waals surface area contributed by atoms with Gasteiger partial charge in [-0.25, -0.2) is 0 Å². The molecule has 3 heteroatoms. The van der Waals surface area contributed by atoms with Crippen LogP contribution in [0.4, 0.5) is 0 Å². The molecule has 96 valence electrons. The maximum Gasteiger partial charge on any atom is 0.0244 e. The number of nitrogens with one attached hydrogen (secondary N) is 1. The lowest BCUT2D eigenvalue weighted by molar-refractivity contribution is 0.102. The van der Waals surface area contributed by atoms with Crippen LogP contribution < -0.4 is 5.32 Å². The molecule has 2 atom stereocenters. The summed E-state index contributed by atoms with van der Waals surface area (Å²) in [6, 6.07) is 1.40. The molecule has 0 bridgehead atoms. The fourth-order valence-corrected chi connectivity index (χ4v) is 2.97. The van der Waals surface area contributed by atoms with Crippen LogP contribution in [0.15, 0.2) is 0 Å². The Morgan fingerprint density at radius 1 is 1.38 bits per heavy atom. The smallest absolute Gasteiger partial charge is 0.0244 e. The average Bonchev–Trinajstić information content (AvgIpc) is 2.24. The van der Waals surface area contributed by atoms with E-state index in [1.807, 2.05) is 11.8 Å². The zero-order valence-electron chi connectivity index (χ0n) is 11.3. The first-order valence-electron chi connectivity index (χ1n) is 6.61. The molecule has 1 N–H and O–H groups in total. The zero-order chi connectivity index (χ0) is 12.0. The van der Waals surface area contributed by atoms with Gasteiger partial charge in [-0.1, -0.05) is 13.8 Å². The summed E-state index contributed by atoms with van der Waals surface area (Å²) in [6.07, 6.45) is 4.92. The van der Waals surface area contributed by atoms with Crippen molar-refractivity contribution in [1.29, 1.82) is 0 Å².